The van der Waals surface area contributed by atoms with E-state index in [1.807, 2.05) is 12.2 Å². The molecule has 0 aromatic heterocycles. The first-order valence-electron chi connectivity index (χ1n) is 13.0. The summed E-state index contributed by atoms with van der Waals surface area (Å²) in [6.07, 6.45) is 35.9. The van der Waals surface area contributed by atoms with E-state index >= 15 is 0 Å². The van der Waals surface area contributed by atoms with Gasteiger partial charge in [-0.05, 0) is 57.1 Å². The molecule has 186 valence electrons. The van der Waals surface area contributed by atoms with Crippen LogP contribution in [0.25, 0.3) is 0 Å². The van der Waals surface area contributed by atoms with E-state index < -0.39 is 12.1 Å². The Labute approximate surface area is 208 Å². The molecule has 0 radical (unpaired) electrons. The van der Waals surface area contributed by atoms with Gasteiger partial charge in [0.25, 0.3) is 0 Å². The van der Waals surface area contributed by atoms with Crippen molar-refractivity contribution in [2.45, 2.75) is 115 Å². The molecule has 0 spiro atoms. The fourth-order valence-corrected chi connectivity index (χ4v) is 3.36. The van der Waals surface area contributed by atoms with Gasteiger partial charge in [-0.15, -0.1) is 12.3 Å². The van der Waals surface area contributed by atoms with Gasteiger partial charge in [-0.2, -0.15) is 0 Å². The Kier molecular flexibility index (Phi) is 24.5. The highest BCUT2D eigenvalue weighted by atomic mass is 16.4. The summed E-state index contributed by atoms with van der Waals surface area (Å²) in [6.45, 7) is 0. The van der Waals surface area contributed by atoms with Crippen LogP contribution in [0.4, 0.5) is 0 Å². The Morgan fingerprint density at radius 2 is 1.29 bits per heavy atom. The van der Waals surface area contributed by atoms with Gasteiger partial charge in [-0.25, -0.2) is 4.79 Å². The normalized spacial score (nSPS) is 11.8. The molecule has 0 aliphatic carbocycles. The van der Waals surface area contributed by atoms with Crippen LogP contribution in [0.3, 0.4) is 0 Å². The summed E-state index contributed by atoms with van der Waals surface area (Å²) in [5.74, 6) is 12.2. The molecule has 0 unspecified atom stereocenters. The zero-order chi connectivity index (χ0) is 25.0. The molecule has 0 heterocycles. The Balaban J connectivity index is 3.32. The SMILES string of the molecule is C#C[C@@H](O)/C=C/CCCCCC#CC/C=C\CCCCCCCCCCC/C=C/C#CC(=O)O. The van der Waals surface area contributed by atoms with Crippen molar-refractivity contribution in [3.63, 3.8) is 0 Å². The molecule has 3 nitrogen and oxygen atoms in total. The minimum atomic E-state index is -1.08. The summed E-state index contributed by atoms with van der Waals surface area (Å²) >= 11 is 0. The maximum absolute atomic E-state index is 10.2. The van der Waals surface area contributed by atoms with Gasteiger partial charge in [0.2, 0.25) is 0 Å². The zero-order valence-electron chi connectivity index (χ0n) is 20.9. The van der Waals surface area contributed by atoms with Crippen LogP contribution >= 0.6 is 0 Å². The first-order valence-corrected chi connectivity index (χ1v) is 13.0. The quantitative estimate of drug-likeness (QED) is 0.119. The van der Waals surface area contributed by atoms with Crippen LogP contribution in [0.1, 0.15) is 109 Å². The molecule has 2 N–H and O–H groups in total. The lowest BCUT2D eigenvalue weighted by Gasteiger charge is -2.01. The second-order valence-electron chi connectivity index (χ2n) is 8.40. The van der Waals surface area contributed by atoms with Crippen molar-refractivity contribution in [2.75, 3.05) is 0 Å². The molecule has 3 heteroatoms. The maximum Gasteiger partial charge on any atom is 0.382 e. The zero-order valence-corrected chi connectivity index (χ0v) is 20.9. The molecule has 0 saturated carbocycles. The molecule has 0 aromatic rings. The molecule has 0 bridgehead atoms. The van der Waals surface area contributed by atoms with E-state index in [4.69, 9.17) is 11.5 Å². The average Bonchev–Trinajstić information content (AvgIpc) is 2.83. The Hall–Kier alpha value is -2.67. The second-order valence-corrected chi connectivity index (χ2v) is 8.40. The first kappa shape index (κ1) is 31.3. The van der Waals surface area contributed by atoms with E-state index in [0.717, 1.165) is 57.8 Å². The number of hydrogen-bond donors (Lipinski definition) is 2. The largest absolute Gasteiger partial charge is 0.472 e. The highest BCUT2D eigenvalue weighted by Crippen LogP contribution is 2.11. The van der Waals surface area contributed by atoms with Crippen molar-refractivity contribution in [3.05, 3.63) is 36.5 Å². The fraction of sp³-hybridized carbons (Fsp3) is 0.581. The molecule has 34 heavy (non-hydrogen) atoms. The van der Waals surface area contributed by atoms with Gasteiger partial charge in [-0.3, -0.25) is 0 Å². The van der Waals surface area contributed by atoms with E-state index in [2.05, 4.69) is 41.8 Å². The number of aliphatic hydroxyl groups is 1. The van der Waals surface area contributed by atoms with Gasteiger partial charge in [0, 0.05) is 18.8 Å². The smallest absolute Gasteiger partial charge is 0.382 e. The second kappa shape index (κ2) is 26.6. The van der Waals surface area contributed by atoms with Crippen molar-refractivity contribution in [3.8, 4) is 36.0 Å². The van der Waals surface area contributed by atoms with Crippen LogP contribution in [-0.2, 0) is 4.79 Å². The van der Waals surface area contributed by atoms with Crippen molar-refractivity contribution < 1.29 is 15.0 Å². The topological polar surface area (TPSA) is 57.5 Å². The van der Waals surface area contributed by atoms with Gasteiger partial charge in [-0.1, -0.05) is 93.4 Å². The standard InChI is InChI=1S/C31H44O3/c1-2-30(32)28-26-24-22-20-18-16-14-12-10-8-6-4-3-5-7-9-11-13-15-17-19-21-23-25-27-29-31(33)34/h1,6,8,23,25-26,28,30,32H,3-5,7,9-11,13,15-22,24H2,(H,33,34)/b8-6-,25-23+,28-26+/t30-/m1/s1. The number of unbranched alkanes of at least 4 members (excludes halogenated alkanes) is 14. The van der Waals surface area contributed by atoms with Crippen LogP contribution in [0.5, 0.6) is 0 Å². The monoisotopic (exact) mass is 464 g/mol. The van der Waals surface area contributed by atoms with Gasteiger partial charge in [0.05, 0.1) is 0 Å². The number of carboxylic acid groups (broad SMARTS) is 1. The van der Waals surface area contributed by atoms with E-state index in [1.165, 1.54) is 51.4 Å². The van der Waals surface area contributed by atoms with E-state index in [1.54, 1.807) is 12.2 Å². The predicted molar refractivity (Wildman–Crippen MR) is 144 cm³/mol. The number of carboxylic acids is 1. The maximum atomic E-state index is 10.2. The van der Waals surface area contributed by atoms with Crippen molar-refractivity contribution >= 4 is 5.97 Å². The highest BCUT2D eigenvalue weighted by Gasteiger charge is 1.92. The summed E-state index contributed by atoms with van der Waals surface area (Å²) < 4.78 is 0. The lowest BCUT2D eigenvalue weighted by atomic mass is 10.1. The minimum absolute atomic E-state index is 0.748. The van der Waals surface area contributed by atoms with Crippen LogP contribution in [0, 0.1) is 36.0 Å². The van der Waals surface area contributed by atoms with Gasteiger partial charge in [0.1, 0.15) is 6.10 Å². The average molecular weight is 465 g/mol. The third-order valence-corrected chi connectivity index (χ3v) is 5.30. The lowest BCUT2D eigenvalue weighted by molar-refractivity contribution is -0.130. The van der Waals surface area contributed by atoms with Crippen LogP contribution in [0.2, 0.25) is 0 Å². The number of hydrogen-bond acceptors (Lipinski definition) is 2. The van der Waals surface area contributed by atoms with Crippen LogP contribution in [0.15, 0.2) is 36.5 Å². The van der Waals surface area contributed by atoms with E-state index in [0.29, 0.717) is 0 Å². The summed E-state index contributed by atoms with van der Waals surface area (Å²) in [5, 5.41) is 17.6. The van der Waals surface area contributed by atoms with Gasteiger partial charge in [0.15, 0.2) is 0 Å². The third-order valence-electron chi connectivity index (χ3n) is 5.30. The molecule has 0 amide bonds. The van der Waals surface area contributed by atoms with Gasteiger partial charge < -0.3 is 10.2 Å². The Bertz CT molecular complexity index is 744. The molecule has 0 fully saturated rings. The van der Waals surface area contributed by atoms with Crippen LogP contribution < -0.4 is 0 Å². The van der Waals surface area contributed by atoms with Crippen LogP contribution in [-0.4, -0.2) is 22.3 Å². The highest BCUT2D eigenvalue weighted by molar-refractivity contribution is 5.86. The Morgan fingerprint density at radius 3 is 1.91 bits per heavy atom. The number of rotatable bonds is 19. The molecule has 0 saturated heterocycles. The van der Waals surface area contributed by atoms with Crippen molar-refractivity contribution in [2.24, 2.45) is 0 Å². The van der Waals surface area contributed by atoms with Crippen molar-refractivity contribution in [1.82, 2.24) is 0 Å². The van der Waals surface area contributed by atoms with E-state index in [-0.39, 0.29) is 0 Å². The molecule has 0 aromatic carbocycles. The summed E-state index contributed by atoms with van der Waals surface area (Å²) in [5.41, 5.74) is 0. The number of terminal acetylenes is 1. The summed E-state index contributed by atoms with van der Waals surface area (Å²) in [6, 6.07) is 0. The fourth-order valence-electron chi connectivity index (χ4n) is 3.36. The minimum Gasteiger partial charge on any atom is -0.472 e. The van der Waals surface area contributed by atoms with Crippen molar-refractivity contribution in [1.29, 1.82) is 0 Å². The molecule has 0 aliphatic rings. The molecule has 0 rings (SSSR count). The summed E-state index contributed by atoms with van der Waals surface area (Å²) in [7, 11) is 0. The first-order chi connectivity index (χ1) is 16.7. The Morgan fingerprint density at radius 1 is 0.735 bits per heavy atom. The third kappa shape index (κ3) is 27.4. The van der Waals surface area contributed by atoms with Gasteiger partial charge >= 0.3 is 5.97 Å². The predicted octanol–water partition coefficient (Wildman–Crippen LogP) is 7.37. The number of carbonyl (C=O) groups is 1. The number of allylic oxidation sites excluding steroid dienone is 5. The molecule has 0 aliphatic heterocycles. The molecule has 1 atom stereocenters. The summed E-state index contributed by atoms with van der Waals surface area (Å²) in [4.78, 5) is 10.2. The van der Waals surface area contributed by atoms with E-state index in [9.17, 15) is 9.90 Å². The molecular weight excluding hydrogens is 420 g/mol. The molecular formula is C31H44O3. The number of aliphatic hydroxyl groups excluding tert-OH is 1. The number of aliphatic carboxylic acids is 1. The lowest BCUT2D eigenvalue weighted by Crippen LogP contribution is -1.95.